The van der Waals surface area contributed by atoms with E-state index >= 15 is 0 Å². The maximum absolute atomic E-state index is 12.5. The Morgan fingerprint density at radius 1 is 0.960 bits per heavy atom. The van der Waals surface area contributed by atoms with Crippen LogP contribution in [0.2, 0.25) is 0 Å². The highest BCUT2D eigenvalue weighted by molar-refractivity contribution is 6.00. The number of benzene rings is 2. The summed E-state index contributed by atoms with van der Waals surface area (Å²) in [5.74, 6) is -0.367. The summed E-state index contributed by atoms with van der Waals surface area (Å²) in [4.78, 5) is 23.8. The van der Waals surface area contributed by atoms with Crippen molar-refractivity contribution in [3.05, 3.63) is 60.2 Å². The standard InChI is InChI=1S/C21H25NO3/c1-16(2)21(24)25-15-9-8-14-22-20(23)19-13-7-6-12-18(19)17-10-4-3-5-11-17/h3-7,10-13,16H,8-9,14-15H2,1-2H3,(H,22,23). The normalized spacial score (nSPS) is 10.5. The van der Waals surface area contributed by atoms with E-state index in [1.54, 1.807) is 0 Å². The zero-order valence-corrected chi connectivity index (χ0v) is 14.8. The number of hydrogen-bond donors (Lipinski definition) is 1. The van der Waals surface area contributed by atoms with Crippen LogP contribution in [0.25, 0.3) is 11.1 Å². The highest BCUT2D eigenvalue weighted by atomic mass is 16.5. The molecule has 0 fully saturated rings. The van der Waals surface area contributed by atoms with Gasteiger partial charge in [-0.15, -0.1) is 0 Å². The van der Waals surface area contributed by atoms with E-state index in [4.69, 9.17) is 4.74 Å². The summed E-state index contributed by atoms with van der Waals surface area (Å²) < 4.78 is 5.12. The van der Waals surface area contributed by atoms with E-state index in [0.29, 0.717) is 18.7 Å². The minimum absolute atomic E-state index is 0.0846. The van der Waals surface area contributed by atoms with Crippen molar-refractivity contribution in [3.8, 4) is 11.1 Å². The third kappa shape index (κ3) is 5.75. The number of carbonyl (C=O) groups excluding carboxylic acids is 2. The molecule has 0 aliphatic carbocycles. The molecule has 0 aliphatic rings. The average molecular weight is 339 g/mol. The minimum atomic E-state index is -0.180. The second-order valence-electron chi connectivity index (χ2n) is 6.20. The van der Waals surface area contributed by atoms with Gasteiger partial charge in [0.1, 0.15) is 0 Å². The van der Waals surface area contributed by atoms with Gasteiger partial charge >= 0.3 is 5.97 Å². The van der Waals surface area contributed by atoms with Crippen molar-refractivity contribution in [2.45, 2.75) is 26.7 Å². The molecule has 1 N–H and O–H groups in total. The summed E-state index contributed by atoms with van der Waals surface area (Å²) in [5.41, 5.74) is 2.61. The predicted molar refractivity (Wildman–Crippen MR) is 99.2 cm³/mol. The minimum Gasteiger partial charge on any atom is -0.465 e. The number of unbranched alkanes of at least 4 members (excludes halogenated alkanes) is 1. The third-order valence-electron chi connectivity index (χ3n) is 3.83. The zero-order chi connectivity index (χ0) is 18.1. The second kappa shape index (κ2) is 9.62. The maximum Gasteiger partial charge on any atom is 0.308 e. The molecule has 0 saturated carbocycles. The number of amides is 1. The van der Waals surface area contributed by atoms with Crippen LogP contribution in [0.1, 0.15) is 37.0 Å². The van der Waals surface area contributed by atoms with Gasteiger partial charge in [-0.2, -0.15) is 0 Å². The summed E-state index contributed by atoms with van der Waals surface area (Å²) in [6, 6.07) is 17.5. The lowest BCUT2D eigenvalue weighted by Gasteiger charge is -2.11. The lowest BCUT2D eigenvalue weighted by molar-refractivity contribution is -0.147. The molecule has 4 heteroatoms. The van der Waals surface area contributed by atoms with Crippen LogP contribution in [0.3, 0.4) is 0 Å². The van der Waals surface area contributed by atoms with Gasteiger partial charge in [-0.1, -0.05) is 62.4 Å². The van der Waals surface area contributed by atoms with E-state index < -0.39 is 0 Å². The van der Waals surface area contributed by atoms with Gasteiger partial charge in [0.05, 0.1) is 12.5 Å². The number of hydrogen-bond acceptors (Lipinski definition) is 3. The van der Waals surface area contributed by atoms with Crippen LogP contribution in [0.4, 0.5) is 0 Å². The topological polar surface area (TPSA) is 55.4 Å². The molecule has 0 radical (unpaired) electrons. The van der Waals surface area contributed by atoms with Crippen molar-refractivity contribution in [1.29, 1.82) is 0 Å². The van der Waals surface area contributed by atoms with Crippen molar-refractivity contribution in [2.24, 2.45) is 5.92 Å². The first-order chi connectivity index (χ1) is 12.1. The molecule has 0 saturated heterocycles. The van der Waals surface area contributed by atoms with Crippen molar-refractivity contribution >= 4 is 11.9 Å². The smallest absolute Gasteiger partial charge is 0.308 e. The Bertz CT molecular complexity index is 695. The van der Waals surface area contributed by atoms with E-state index in [0.717, 1.165) is 24.0 Å². The monoisotopic (exact) mass is 339 g/mol. The van der Waals surface area contributed by atoms with E-state index in [1.807, 2.05) is 68.4 Å². The Labute approximate surface area is 149 Å². The van der Waals surface area contributed by atoms with Crippen LogP contribution in [0.5, 0.6) is 0 Å². The van der Waals surface area contributed by atoms with Crippen molar-refractivity contribution in [1.82, 2.24) is 5.32 Å². The molecule has 0 atom stereocenters. The molecular weight excluding hydrogens is 314 g/mol. The second-order valence-corrected chi connectivity index (χ2v) is 6.20. The highest BCUT2D eigenvalue weighted by Crippen LogP contribution is 2.23. The molecule has 2 aromatic carbocycles. The van der Waals surface area contributed by atoms with Gasteiger partial charge < -0.3 is 10.1 Å². The first-order valence-corrected chi connectivity index (χ1v) is 8.69. The molecule has 0 unspecified atom stereocenters. The van der Waals surface area contributed by atoms with Crippen LogP contribution >= 0.6 is 0 Å². The Morgan fingerprint density at radius 3 is 2.36 bits per heavy atom. The van der Waals surface area contributed by atoms with Gasteiger partial charge in [0.15, 0.2) is 0 Å². The number of nitrogens with one attached hydrogen (secondary N) is 1. The summed E-state index contributed by atoms with van der Waals surface area (Å²) in [7, 11) is 0. The molecule has 132 valence electrons. The molecule has 2 rings (SSSR count). The first kappa shape index (κ1) is 18.7. The molecule has 0 bridgehead atoms. The lowest BCUT2D eigenvalue weighted by atomic mass is 9.99. The molecule has 0 aliphatic heterocycles. The first-order valence-electron chi connectivity index (χ1n) is 8.69. The SMILES string of the molecule is CC(C)C(=O)OCCCCNC(=O)c1ccccc1-c1ccccc1. The van der Waals surface area contributed by atoms with Gasteiger partial charge in [-0.05, 0) is 30.0 Å². The summed E-state index contributed by atoms with van der Waals surface area (Å²) in [5, 5.41) is 2.94. The Kier molecular flexibility index (Phi) is 7.20. The van der Waals surface area contributed by atoms with Crippen molar-refractivity contribution in [3.63, 3.8) is 0 Å². The summed E-state index contributed by atoms with van der Waals surface area (Å²) >= 11 is 0. The average Bonchev–Trinajstić information content (AvgIpc) is 2.64. The van der Waals surface area contributed by atoms with Gasteiger partial charge in [0.2, 0.25) is 0 Å². The van der Waals surface area contributed by atoms with E-state index in [9.17, 15) is 9.59 Å². The number of rotatable bonds is 8. The molecule has 1 amide bonds. The van der Waals surface area contributed by atoms with Crippen LogP contribution in [-0.2, 0) is 9.53 Å². The molecule has 0 spiro atoms. The Morgan fingerprint density at radius 2 is 1.64 bits per heavy atom. The van der Waals surface area contributed by atoms with Crippen molar-refractivity contribution in [2.75, 3.05) is 13.2 Å². The van der Waals surface area contributed by atoms with Crippen molar-refractivity contribution < 1.29 is 14.3 Å². The van der Waals surface area contributed by atoms with Gasteiger partial charge in [-0.25, -0.2) is 0 Å². The van der Waals surface area contributed by atoms with Crippen LogP contribution in [0.15, 0.2) is 54.6 Å². The van der Waals surface area contributed by atoms with Crippen LogP contribution in [0, 0.1) is 5.92 Å². The highest BCUT2D eigenvalue weighted by Gasteiger charge is 2.11. The lowest BCUT2D eigenvalue weighted by Crippen LogP contribution is -2.25. The molecular formula is C21H25NO3. The van der Waals surface area contributed by atoms with E-state index in [2.05, 4.69) is 5.32 Å². The number of carbonyl (C=O) groups is 2. The van der Waals surface area contributed by atoms with Gasteiger partial charge in [0, 0.05) is 12.1 Å². The molecule has 25 heavy (non-hydrogen) atoms. The maximum atomic E-state index is 12.5. The van der Waals surface area contributed by atoms with E-state index in [1.165, 1.54) is 0 Å². The van der Waals surface area contributed by atoms with Gasteiger partial charge in [-0.3, -0.25) is 9.59 Å². The Balaban J connectivity index is 1.83. The zero-order valence-electron chi connectivity index (χ0n) is 14.8. The Hall–Kier alpha value is -2.62. The fourth-order valence-electron chi connectivity index (χ4n) is 2.41. The fourth-order valence-corrected chi connectivity index (χ4v) is 2.41. The van der Waals surface area contributed by atoms with Gasteiger partial charge in [0.25, 0.3) is 5.91 Å². The predicted octanol–water partition coefficient (Wildman–Crippen LogP) is 4.06. The summed E-state index contributed by atoms with van der Waals surface area (Å²) in [6.45, 7) is 4.58. The van der Waals surface area contributed by atoms with Crippen LogP contribution in [-0.4, -0.2) is 25.0 Å². The fraction of sp³-hybridized carbons (Fsp3) is 0.333. The molecule has 0 heterocycles. The largest absolute Gasteiger partial charge is 0.465 e. The molecule has 2 aromatic rings. The summed E-state index contributed by atoms with van der Waals surface area (Å²) in [6.07, 6.45) is 1.50. The van der Waals surface area contributed by atoms with E-state index in [-0.39, 0.29) is 17.8 Å². The third-order valence-corrected chi connectivity index (χ3v) is 3.83. The molecule has 4 nitrogen and oxygen atoms in total. The number of esters is 1. The quantitative estimate of drug-likeness (QED) is 0.583. The number of ether oxygens (including phenoxy) is 1. The molecule has 0 aromatic heterocycles. The van der Waals surface area contributed by atoms with Crippen LogP contribution < -0.4 is 5.32 Å².